The van der Waals surface area contributed by atoms with Crippen molar-refractivity contribution in [2.75, 3.05) is 0 Å². The molecule has 0 saturated heterocycles. The molecule has 0 radical (unpaired) electrons. The molecule has 0 aliphatic carbocycles. The minimum Gasteiger partial charge on any atom is -0.379 e. The largest absolute Gasteiger partial charge is 0.379 e. The lowest BCUT2D eigenvalue weighted by atomic mass is 9.64. The van der Waals surface area contributed by atoms with Crippen LogP contribution < -0.4 is 0 Å². The van der Waals surface area contributed by atoms with Gasteiger partial charge in [0.1, 0.15) is 11.4 Å². The maximum absolute atomic E-state index is 11.8. The van der Waals surface area contributed by atoms with Gasteiger partial charge in [0.15, 0.2) is 0 Å². The van der Waals surface area contributed by atoms with Crippen LogP contribution in [0.2, 0.25) is 0 Å². The molecule has 3 nitrogen and oxygen atoms in total. The first-order valence-corrected chi connectivity index (χ1v) is 7.48. The average molecular weight is 290 g/mol. The molecular formula is C19H18N2O. The lowest BCUT2D eigenvalue weighted by Gasteiger charge is -2.47. The fourth-order valence-electron chi connectivity index (χ4n) is 3.64. The molecule has 0 saturated carbocycles. The third kappa shape index (κ3) is 1.46. The number of rotatable bonds is 1. The Hall–Kier alpha value is -2.39. The van der Waals surface area contributed by atoms with Gasteiger partial charge in [0.05, 0.1) is 11.1 Å². The van der Waals surface area contributed by atoms with Crippen molar-refractivity contribution in [3.8, 4) is 5.69 Å². The quantitative estimate of drug-likeness (QED) is 0.746. The number of benzene rings is 2. The molecule has 22 heavy (non-hydrogen) atoms. The van der Waals surface area contributed by atoms with Gasteiger partial charge in [-0.2, -0.15) is 0 Å². The number of aromatic nitrogens is 2. The molecule has 3 aromatic rings. The molecule has 1 aliphatic heterocycles. The average Bonchev–Trinajstić information content (AvgIpc) is 3.04. The van der Waals surface area contributed by atoms with Crippen LogP contribution in [0.15, 0.2) is 67.0 Å². The van der Waals surface area contributed by atoms with E-state index in [-0.39, 0.29) is 0 Å². The van der Waals surface area contributed by atoms with Crippen molar-refractivity contribution in [3.05, 3.63) is 83.9 Å². The minimum absolute atomic E-state index is 0.549. The van der Waals surface area contributed by atoms with Crippen LogP contribution in [-0.2, 0) is 11.0 Å². The van der Waals surface area contributed by atoms with Crippen LogP contribution in [0.5, 0.6) is 0 Å². The van der Waals surface area contributed by atoms with Gasteiger partial charge in [0.2, 0.25) is 0 Å². The first-order chi connectivity index (χ1) is 10.6. The normalized spacial score (nSPS) is 22.0. The Morgan fingerprint density at radius 1 is 0.955 bits per heavy atom. The van der Waals surface area contributed by atoms with Gasteiger partial charge in [-0.15, -0.1) is 0 Å². The summed E-state index contributed by atoms with van der Waals surface area (Å²) in [6, 6.07) is 17.9. The van der Waals surface area contributed by atoms with Crippen LogP contribution in [0.25, 0.3) is 5.69 Å². The summed E-state index contributed by atoms with van der Waals surface area (Å²) in [5.74, 6) is 0.873. The highest BCUT2D eigenvalue weighted by molar-refractivity contribution is 5.56. The van der Waals surface area contributed by atoms with Gasteiger partial charge in [-0.1, -0.05) is 48.5 Å². The van der Waals surface area contributed by atoms with Crippen molar-refractivity contribution >= 4 is 0 Å². The van der Waals surface area contributed by atoms with E-state index in [0.717, 1.165) is 22.6 Å². The standard InChI is InChI=1S/C19H18N2O/c1-18(2)17-20-12-13-21(17)16-11-7-6-10-15(16)19(18,22)14-8-4-3-5-9-14/h3-13,22H,1-2H3. The fourth-order valence-corrected chi connectivity index (χ4v) is 3.64. The third-order valence-corrected chi connectivity index (χ3v) is 4.85. The van der Waals surface area contributed by atoms with E-state index in [1.54, 1.807) is 6.20 Å². The van der Waals surface area contributed by atoms with Crippen molar-refractivity contribution in [2.45, 2.75) is 24.9 Å². The molecule has 1 unspecified atom stereocenters. The molecule has 1 aromatic heterocycles. The molecule has 4 rings (SSSR count). The van der Waals surface area contributed by atoms with Crippen molar-refractivity contribution in [1.29, 1.82) is 0 Å². The van der Waals surface area contributed by atoms with Crippen molar-refractivity contribution in [2.24, 2.45) is 0 Å². The molecule has 1 N–H and O–H groups in total. The molecule has 110 valence electrons. The van der Waals surface area contributed by atoms with E-state index in [1.165, 1.54) is 0 Å². The van der Waals surface area contributed by atoms with E-state index in [2.05, 4.69) is 23.4 Å². The molecule has 0 spiro atoms. The van der Waals surface area contributed by atoms with E-state index in [1.807, 2.05) is 60.8 Å². The Morgan fingerprint density at radius 2 is 1.64 bits per heavy atom. The summed E-state index contributed by atoms with van der Waals surface area (Å²) in [4.78, 5) is 4.53. The van der Waals surface area contributed by atoms with E-state index in [0.29, 0.717) is 0 Å². The monoisotopic (exact) mass is 290 g/mol. The number of fused-ring (bicyclic) bond motifs is 3. The minimum atomic E-state index is -1.12. The Balaban J connectivity index is 2.11. The van der Waals surface area contributed by atoms with Crippen molar-refractivity contribution < 1.29 is 5.11 Å². The zero-order chi connectivity index (χ0) is 15.4. The first-order valence-electron chi connectivity index (χ1n) is 7.48. The van der Waals surface area contributed by atoms with Gasteiger partial charge >= 0.3 is 0 Å². The SMILES string of the molecule is CC1(C)c2nccn2-c2ccccc2C1(O)c1ccccc1. The van der Waals surface area contributed by atoms with Crippen LogP contribution in [0.3, 0.4) is 0 Å². The van der Waals surface area contributed by atoms with Crippen LogP contribution >= 0.6 is 0 Å². The predicted octanol–water partition coefficient (Wildman–Crippen LogP) is 3.40. The molecule has 3 heteroatoms. The summed E-state index contributed by atoms with van der Waals surface area (Å²) in [6.07, 6.45) is 3.76. The number of aliphatic hydroxyl groups is 1. The maximum atomic E-state index is 11.8. The van der Waals surface area contributed by atoms with E-state index in [9.17, 15) is 5.11 Å². The van der Waals surface area contributed by atoms with Gasteiger partial charge in [0.25, 0.3) is 0 Å². The highest BCUT2D eigenvalue weighted by atomic mass is 16.3. The second-order valence-corrected chi connectivity index (χ2v) is 6.34. The van der Waals surface area contributed by atoms with Crippen molar-refractivity contribution in [3.63, 3.8) is 0 Å². The van der Waals surface area contributed by atoms with Crippen LogP contribution in [0.1, 0.15) is 30.8 Å². The summed E-state index contributed by atoms with van der Waals surface area (Å²) in [5.41, 5.74) is 1.12. The first kappa shape index (κ1) is 13.3. The Labute approximate surface area is 129 Å². The summed E-state index contributed by atoms with van der Waals surface area (Å²) < 4.78 is 2.08. The van der Waals surface area contributed by atoms with Gasteiger partial charge < -0.3 is 9.67 Å². The van der Waals surface area contributed by atoms with Crippen LogP contribution in [-0.4, -0.2) is 14.7 Å². The number of para-hydroxylation sites is 1. The van der Waals surface area contributed by atoms with Crippen LogP contribution in [0, 0.1) is 0 Å². The lowest BCUT2D eigenvalue weighted by Crippen LogP contribution is -2.50. The number of hydrogen-bond acceptors (Lipinski definition) is 2. The topological polar surface area (TPSA) is 38.0 Å². The predicted molar refractivity (Wildman–Crippen MR) is 86.0 cm³/mol. The van der Waals surface area contributed by atoms with Gasteiger partial charge in [-0.25, -0.2) is 4.98 Å². The number of imidazole rings is 1. The maximum Gasteiger partial charge on any atom is 0.129 e. The summed E-state index contributed by atoms with van der Waals surface area (Å²) in [5, 5.41) is 11.8. The smallest absolute Gasteiger partial charge is 0.129 e. The Kier molecular flexibility index (Phi) is 2.60. The summed E-state index contributed by atoms with van der Waals surface area (Å²) >= 11 is 0. The molecule has 0 bridgehead atoms. The molecule has 2 aromatic carbocycles. The molecular weight excluding hydrogens is 272 g/mol. The number of nitrogens with zero attached hydrogens (tertiary/aromatic N) is 2. The van der Waals surface area contributed by atoms with Gasteiger partial charge in [0, 0.05) is 18.0 Å². The van der Waals surface area contributed by atoms with Crippen molar-refractivity contribution in [1.82, 2.24) is 9.55 Å². The molecule has 0 amide bonds. The van der Waals surface area contributed by atoms with Crippen LogP contribution in [0.4, 0.5) is 0 Å². The second-order valence-electron chi connectivity index (χ2n) is 6.34. The molecule has 0 fully saturated rings. The third-order valence-electron chi connectivity index (χ3n) is 4.85. The Morgan fingerprint density at radius 3 is 2.41 bits per heavy atom. The second kappa shape index (κ2) is 4.31. The highest BCUT2D eigenvalue weighted by Gasteiger charge is 2.53. The fraction of sp³-hybridized carbons (Fsp3) is 0.211. The van der Waals surface area contributed by atoms with E-state index in [4.69, 9.17) is 0 Å². The van der Waals surface area contributed by atoms with Gasteiger partial charge in [-0.05, 0) is 25.5 Å². The zero-order valence-electron chi connectivity index (χ0n) is 12.7. The zero-order valence-corrected chi connectivity index (χ0v) is 12.7. The van der Waals surface area contributed by atoms with Gasteiger partial charge in [-0.3, -0.25) is 0 Å². The summed E-state index contributed by atoms with van der Waals surface area (Å²) in [6.45, 7) is 4.10. The Bertz CT molecular complexity index is 835. The number of hydrogen-bond donors (Lipinski definition) is 1. The summed E-state index contributed by atoms with van der Waals surface area (Å²) in [7, 11) is 0. The highest BCUT2D eigenvalue weighted by Crippen LogP contribution is 2.51. The van der Waals surface area contributed by atoms with E-state index < -0.39 is 11.0 Å². The molecule has 1 aliphatic rings. The molecule has 1 atom stereocenters. The lowest BCUT2D eigenvalue weighted by molar-refractivity contribution is -0.00116. The molecule has 2 heterocycles. The van der Waals surface area contributed by atoms with E-state index >= 15 is 0 Å².